The molecule has 10 heteroatoms. The molecule has 0 heterocycles. The molecule has 0 amide bonds. The minimum Gasteiger partial charge on any atom is -1.00 e. The van der Waals surface area contributed by atoms with E-state index in [2.05, 4.69) is 20.8 Å². The van der Waals surface area contributed by atoms with E-state index in [0.717, 1.165) is 0 Å². The van der Waals surface area contributed by atoms with Crippen molar-refractivity contribution in [1.29, 1.82) is 5.26 Å². The van der Waals surface area contributed by atoms with E-state index in [1.807, 2.05) is 0 Å². The Morgan fingerprint density at radius 2 is 1.58 bits per heavy atom. The number of hydrazone groups is 1. The Bertz CT molecular complexity index is 838. The number of rotatable bonds is 3. The summed E-state index contributed by atoms with van der Waals surface area (Å²) in [6, 6.07) is 11.3. The molecule has 0 saturated carbocycles. The van der Waals surface area contributed by atoms with Gasteiger partial charge in [0.05, 0.1) is 31.5 Å². The van der Waals surface area contributed by atoms with Crippen LogP contribution in [0.3, 0.4) is 0 Å². The van der Waals surface area contributed by atoms with Crippen molar-refractivity contribution >= 4 is 63.6 Å². The van der Waals surface area contributed by atoms with Crippen LogP contribution in [0.1, 0.15) is 1.43 Å². The number of anilines is 1. The number of hydrogen-bond donors (Lipinski definition) is 1. The third-order valence-corrected chi connectivity index (χ3v) is 3.95. The molecular weight excluding hydrogens is 403 g/mol. The van der Waals surface area contributed by atoms with Gasteiger partial charge in [-0.15, -0.1) is 15.3 Å². The van der Waals surface area contributed by atoms with Crippen molar-refractivity contribution in [2.75, 3.05) is 5.43 Å². The number of nitriles is 1. The number of benzene rings is 2. The number of azo groups is 1. The van der Waals surface area contributed by atoms with Gasteiger partial charge in [0.15, 0.2) is 0 Å². The van der Waals surface area contributed by atoms with Gasteiger partial charge in [0.25, 0.3) is 5.84 Å². The van der Waals surface area contributed by atoms with Gasteiger partial charge >= 0.3 is 29.6 Å². The van der Waals surface area contributed by atoms with E-state index in [-0.39, 0.29) is 36.8 Å². The predicted molar refractivity (Wildman–Crippen MR) is 95.2 cm³/mol. The van der Waals surface area contributed by atoms with Gasteiger partial charge in [0.1, 0.15) is 6.07 Å². The molecule has 1 N–H and O–H groups in total. The Labute approximate surface area is 182 Å². The quantitative estimate of drug-likeness (QED) is 0.276. The van der Waals surface area contributed by atoms with E-state index in [4.69, 9.17) is 51.7 Å². The zero-order valence-electron chi connectivity index (χ0n) is 13.3. The smallest absolute Gasteiger partial charge is 1.00 e. The van der Waals surface area contributed by atoms with E-state index in [9.17, 15) is 0 Å². The summed E-state index contributed by atoms with van der Waals surface area (Å²) in [5, 5.41) is 22.0. The van der Waals surface area contributed by atoms with Crippen LogP contribution in [0, 0.1) is 11.3 Å². The van der Waals surface area contributed by atoms with Crippen LogP contribution in [0.4, 0.5) is 11.4 Å². The molecule has 0 unspecified atom stereocenters. The molecule has 0 atom stereocenters. The fourth-order valence-electron chi connectivity index (χ4n) is 1.41. The maximum absolute atomic E-state index is 9.01. The molecule has 0 aliphatic rings. The van der Waals surface area contributed by atoms with Gasteiger partial charge in [-0.05, 0) is 36.4 Å². The van der Waals surface area contributed by atoms with Crippen LogP contribution in [0.2, 0.25) is 20.1 Å². The van der Waals surface area contributed by atoms with Crippen LogP contribution in [-0.2, 0) is 0 Å². The molecule has 2 aromatic carbocycles. The van der Waals surface area contributed by atoms with Crippen molar-refractivity contribution in [3.63, 3.8) is 0 Å². The van der Waals surface area contributed by atoms with Gasteiger partial charge in [0, 0.05) is 0 Å². The summed E-state index contributed by atoms with van der Waals surface area (Å²) < 4.78 is 0. The van der Waals surface area contributed by atoms with E-state index >= 15 is 0 Å². The Morgan fingerprint density at radius 1 is 0.958 bits per heavy atom. The van der Waals surface area contributed by atoms with E-state index in [0.29, 0.717) is 31.5 Å². The maximum atomic E-state index is 9.01. The van der Waals surface area contributed by atoms with Gasteiger partial charge in [0.2, 0.25) is 0 Å². The monoisotopic (exact) mass is 409 g/mol. The fraction of sp³-hybridized carbons (Fsp3) is 0. The molecule has 5 nitrogen and oxygen atoms in total. The third kappa shape index (κ3) is 6.23. The van der Waals surface area contributed by atoms with Crippen LogP contribution in [0.5, 0.6) is 0 Å². The first-order valence-corrected chi connectivity index (χ1v) is 7.56. The second kappa shape index (κ2) is 10.2. The molecule has 0 aliphatic heterocycles. The van der Waals surface area contributed by atoms with Gasteiger partial charge in [-0.3, -0.25) is 5.43 Å². The topological polar surface area (TPSA) is 72.9 Å². The molecular formula is C14H8Cl4N5Na. The summed E-state index contributed by atoms with van der Waals surface area (Å²) in [7, 11) is 0. The molecule has 0 radical (unpaired) electrons. The number of nitrogens with zero attached hydrogens (tertiary/aromatic N) is 4. The second-order valence-electron chi connectivity index (χ2n) is 4.09. The molecule has 0 bridgehead atoms. The van der Waals surface area contributed by atoms with Crippen LogP contribution < -0.4 is 35.0 Å². The minimum absolute atomic E-state index is 0. The van der Waals surface area contributed by atoms with E-state index < -0.39 is 0 Å². The van der Waals surface area contributed by atoms with Crippen LogP contribution in [-0.4, -0.2) is 5.84 Å². The standard InChI is InChI=1S/C14H7Cl4N5.Na.H/c15-10-3-1-8(5-12(10)17)20-22-14(7-19)23-21-9-2-4-11(16)13(18)6-9;;/h1-6,20H;;/q;+1;-1. The summed E-state index contributed by atoms with van der Waals surface area (Å²) in [4.78, 5) is 0. The summed E-state index contributed by atoms with van der Waals surface area (Å²) in [6.45, 7) is 0. The third-order valence-electron chi connectivity index (χ3n) is 2.47. The SMILES string of the molecule is N#CC(N=Nc1ccc(Cl)c(Cl)c1)=NNc1ccc(Cl)c(Cl)c1.[H-].[Na+]. The van der Waals surface area contributed by atoms with Crippen molar-refractivity contribution in [1.82, 2.24) is 0 Å². The van der Waals surface area contributed by atoms with Gasteiger partial charge in [-0.25, -0.2) is 0 Å². The average Bonchev–Trinajstić information content (AvgIpc) is 2.54. The van der Waals surface area contributed by atoms with Crippen LogP contribution >= 0.6 is 46.4 Å². The first-order valence-electron chi connectivity index (χ1n) is 6.05. The number of nitrogens with one attached hydrogen (secondary N) is 1. The fourth-order valence-corrected chi connectivity index (χ4v) is 2.00. The molecule has 0 aliphatic carbocycles. The van der Waals surface area contributed by atoms with Crippen LogP contribution in [0.15, 0.2) is 51.7 Å². The first-order chi connectivity index (χ1) is 11.0. The normalized spacial score (nSPS) is 11.0. The molecule has 2 aromatic rings. The Morgan fingerprint density at radius 3 is 2.17 bits per heavy atom. The first kappa shape index (κ1) is 21.2. The predicted octanol–water partition coefficient (Wildman–Crippen LogP) is 3.45. The molecule has 118 valence electrons. The summed E-state index contributed by atoms with van der Waals surface area (Å²) >= 11 is 23.4. The number of amidine groups is 1. The maximum Gasteiger partial charge on any atom is 1.00 e. The zero-order chi connectivity index (χ0) is 16.8. The van der Waals surface area contributed by atoms with Crippen molar-refractivity contribution < 1.29 is 31.0 Å². The van der Waals surface area contributed by atoms with Gasteiger partial charge in [-0.2, -0.15) is 5.26 Å². The minimum atomic E-state index is -0.179. The number of hydrogen-bond acceptors (Lipinski definition) is 4. The van der Waals surface area contributed by atoms with Gasteiger partial charge < -0.3 is 1.43 Å². The molecule has 2 rings (SSSR count). The summed E-state index contributed by atoms with van der Waals surface area (Å²) in [5.74, 6) is -0.179. The molecule has 0 aromatic heterocycles. The summed E-state index contributed by atoms with van der Waals surface area (Å²) in [5.41, 5.74) is 3.64. The van der Waals surface area contributed by atoms with Crippen molar-refractivity contribution in [2.45, 2.75) is 0 Å². The van der Waals surface area contributed by atoms with Crippen molar-refractivity contribution in [3.8, 4) is 6.07 Å². The van der Waals surface area contributed by atoms with Gasteiger partial charge in [-0.1, -0.05) is 46.4 Å². The Hall–Kier alpha value is -0.840. The molecule has 0 saturated heterocycles. The number of halogens is 4. The average molecular weight is 411 g/mol. The largest absolute Gasteiger partial charge is 1.00 e. The van der Waals surface area contributed by atoms with E-state index in [1.54, 1.807) is 36.4 Å². The second-order valence-corrected chi connectivity index (χ2v) is 5.72. The Kier molecular flexibility index (Phi) is 9.03. The molecule has 0 spiro atoms. The van der Waals surface area contributed by atoms with Crippen molar-refractivity contribution in [3.05, 3.63) is 56.5 Å². The summed E-state index contributed by atoms with van der Waals surface area (Å²) in [6.07, 6.45) is 0. The Balaban J connectivity index is 0.00000288. The molecule has 24 heavy (non-hydrogen) atoms. The molecule has 0 fully saturated rings. The van der Waals surface area contributed by atoms with Crippen molar-refractivity contribution in [2.24, 2.45) is 15.3 Å². The van der Waals surface area contributed by atoms with Crippen LogP contribution in [0.25, 0.3) is 0 Å². The van der Waals surface area contributed by atoms with E-state index in [1.165, 1.54) is 6.07 Å². The zero-order valence-corrected chi connectivity index (χ0v) is 17.3.